The zero-order valence-corrected chi connectivity index (χ0v) is 18.1. The molecule has 2 aromatic heterocycles. The number of rotatable bonds is 5. The predicted octanol–water partition coefficient (Wildman–Crippen LogP) is 3.07. The summed E-state index contributed by atoms with van der Waals surface area (Å²) in [5.74, 6) is 0.177. The van der Waals surface area contributed by atoms with E-state index in [4.69, 9.17) is 4.74 Å². The summed E-state index contributed by atoms with van der Waals surface area (Å²) in [6, 6.07) is 5.45. The number of hydrogen-bond acceptors (Lipinski definition) is 6. The van der Waals surface area contributed by atoms with Gasteiger partial charge in [-0.05, 0) is 45.4 Å². The first kappa shape index (κ1) is 21.6. The fourth-order valence-corrected chi connectivity index (χ4v) is 3.18. The van der Waals surface area contributed by atoms with Crippen LogP contribution in [0.5, 0.6) is 0 Å². The van der Waals surface area contributed by atoms with Crippen molar-refractivity contribution in [1.29, 1.82) is 0 Å². The second kappa shape index (κ2) is 9.15. The summed E-state index contributed by atoms with van der Waals surface area (Å²) in [4.78, 5) is 32.7. The molecule has 1 saturated heterocycles. The van der Waals surface area contributed by atoms with Crippen molar-refractivity contribution in [2.75, 3.05) is 36.4 Å². The topological polar surface area (TPSA) is 103 Å². The molecular weight excluding hydrogens is 384 g/mol. The Labute approximate surface area is 176 Å². The van der Waals surface area contributed by atoms with Gasteiger partial charge in [0.25, 0.3) is 5.91 Å². The molecule has 1 fully saturated rings. The number of nitrogens with zero attached hydrogens (tertiary/aromatic N) is 4. The first-order valence-electron chi connectivity index (χ1n) is 10.3. The second-order valence-electron chi connectivity index (χ2n) is 8.34. The largest absolute Gasteiger partial charge is 0.444 e. The fraction of sp³-hybridized carbons (Fsp3) is 0.524. The molecule has 3 heterocycles. The molecule has 2 amide bonds. The van der Waals surface area contributed by atoms with E-state index in [0.717, 1.165) is 24.2 Å². The van der Waals surface area contributed by atoms with Crippen molar-refractivity contribution in [3.63, 3.8) is 0 Å². The number of H-pyrrole nitrogens is 1. The van der Waals surface area contributed by atoms with Crippen LogP contribution in [0.1, 0.15) is 50.3 Å². The number of aromatic amines is 1. The summed E-state index contributed by atoms with van der Waals surface area (Å²) in [5, 5.41) is 9.69. The summed E-state index contributed by atoms with van der Waals surface area (Å²) in [6.07, 6.45) is 3.29. The van der Waals surface area contributed by atoms with Crippen LogP contribution in [-0.4, -0.2) is 63.9 Å². The number of aryl methyl sites for hydroxylation is 1. The van der Waals surface area contributed by atoms with Crippen molar-refractivity contribution in [2.45, 2.75) is 46.1 Å². The minimum absolute atomic E-state index is 0.279. The first-order chi connectivity index (χ1) is 14.2. The number of nitrogens with one attached hydrogen (secondary N) is 2. The molecule has 0 saturated carbocycles. The molecule has 0 aromatic carbocycles. The molecule has 0 unspecified atom stereocenters. The standard InChI is InChI=1S/C21H30N6O3/c1-5-6-15-13-17(25-24-15)19(28)23-18-8-7-16(14-22-18)26-9-11-27(12-10-26)20(29)30-21(2,3)4/h7-8,13-14H,5-6,9-12H2,1-4H3,(H,24,25)(H,22,23,28). The Kier molecular flexibility index (Phi) is 6.59. The smallest absolute Gasteiger partial charge is 0.410 e. The van der Waals surface area contributed by atoms with E-state index in [-0.39, 0.29) is 12.0 Å². The Hall–Kier alpha value is -3.10. The maximum atomic E-state index is 12.3. The van der Waals surface area contributed by atoms with Crippen molar-refractivity contribution in [2.24, 2.45) is 0 Å². The van der Waals surface area contributed by atoms with Gasteiger partial charge in [0.05, 0.1) is 11.9 Å². The summed E-state index contributed by atoms with van der Waals surface area (Å²) < 4.78 is 5.43. The molecular formula is C21H30N6O3. The molecule has 2 N–H and O–H groups in total. The lowest BCUT2D eigenvalue weighted by Crippen LogP contribution is -2.50. The van der Waals surface area contributed by atoms with Crippen molar-refractivity contribution in [3.8, 4) is 0 Å². The van der Waals surface area contributed by atoms with Crippen molar-refractivity contribution in [3.05, 3.63) is 35.8 Å². The van der Waals surface area contributed by atoms with Gasteiger partial charge in [-0.3, -0.25) is 9.89 Å². The Balaban J connectivity index is 1.52. The number of anilines is 2. The summed E-state index contributed by atoms with van der Waals surface area (Å²) in [5.41, 5.74) is 1.74. The van der Waals surface area contributed by atoms with E-state index in [1.807, 2.05) is 26.8 Å². The van der Waals surface area contributed by atoms with E-state index in [2.05, 4.69) is 32.3 Å². The van der Waals surface area contributed by atoms with Gasteiger partial charge in [0, 0.05) is 31.9 Å². The maximum absolute atomic E-state index is 12.3. The van der Waals surface area contributed by atoms with Crippen LogP contribution in [0.2, 0.25) is 0 Å². The van der Waals surface area contributed by atoms with Gasteiger partial charge < -0.3 is 19.9 Å². The number of amides is 2. The minimum atomic E-state index is -0.494. The van der Waals surface area contributed by atoms with Crippen LogP contribution in [0.25, 0.3) is 0 Å². The van der Waals surface area contributed by atoms with E-state index in [0.29, 0.717) is 37.7 Å². The van der Waals surface area contributed by atoms with Crippen LogP contribution in [0.3, 0.4) is 0 Å². The number of piperazine rings is 1. The lowest BCUT2D eigenvalue weighted by Gasteiger charge is -2.36. The number of carbonyl (C=O) groups is 2. The molecule has 0 atom stereocenters. The van der Waals surface area contributed by atoms with Gasteiger partial charge in [-0.2, -0.15) is 5.10 Å². The number of hydrogen-bond donors (Lipinski definition) is 2. The number of ether oxygens (including phenoxy) is 1. The minimum Gasteiger partial charge on any atom is -0.444 e. The normalized spacial score (nSPS) is 14.5. The lowest BCUT2D eigenvalue weighted by molar-refractivity contribution is 0.0240. The molecule has 3 rings (SSSR count). The number of aromatic nitrogens is 3. The number of pyridine rings is 1. The molecule has 9 heteroatoms. The van der Waals surface area contributed by atoms with E-state index in [1.165, 1.54) is 0 Å². The molecule has 162 valence electrons. The molecule has 0 spiro atoms. The quantitative estimate of drug-likeness (QED) is 0.779. The van der Waals surface area contributed by atoms with Crippen LogP contribution in [-0.2, 0) is 11.2 Å². The first-order valence-corrected chi connectivity index (χ1v) is 10.3. The van der Waals surface area contributed by atoms with E-state index in [9.17, 15) is 9.59 Å². The summed E-state index contributed by atoms with van der Waals surface area (Å²) >= 11 is 0. The monoisotopic (exact) mass is 414 g/mol. The van der Waals surface area contributed by atoms with Crippen LogP contribution in [0.15, 0.2) is 24.4 Å². The molecule has 9 nitrogen and oxygen atoms in total. The molecule has 0 aliphatic carbocycles. The van der Waals surface area contributed by atoms with Crippen molar-refractivity contribution < 1.29 is 14.3 Å². The third-order valence-electron chi connectivity index (χ3n) is 4.67. The zero-order valence-electron chi connectivity index (χ0n) is 18.1. The van der Waals surface area contributed by atoms with Crippen molar-refractivity contribution >= 4 is 23.5 Å². The van der Waals surface area contributed by atoms with Gasteiger partial charge in [0.1, 0.15) is 11.4 Å². The second-order valence-corrected chi connectivity index (χ2v) is 8.34. The third kappa shape index (κ3) is 5.71. The lowest BCUT2D eigenvalue weighted by atomic mass is 10.2. The Morgan fingerprint density at radius 3 is 2.53 bits per heavy atom. The SMILES string of the molecule is CCCc1cc(C(=O)Nc2ccc(N3CCN(C(=O)OC(C)(C)C)CC3)cn2)n[nH]1. The van der Waals surface area contributed by atoms with Gasteiger partial charge in [0.2, 0.25) is 0 Å². The molecule has 2 aromatic rings. The van der Waals surface area contributed by atoms with Crippen LogP contribution < -0.4 is 10.2 Å². The highest BCUT2D eigenvalue weighted by atomic mass is 16.6. The molecule has 0 radical (unpaired) electrons. The van der Waals surface area contributed by atoms with Crippen LogP contribution in [0, 0.1) is 0 Å². The third-order valence-corrected chi connectivity index (χ3v) is 4.67. The predicted molar refractivity (Wildman–Crippen MR) is 115 cm³/mol. The molecule has 30 heavy (non-hydrogen) atoms. The zero-order chi connectivity index (χ0) is 21.7. The molecule has 1 aliphatic rings. The van der Waals surface area contributed by atoms with E-state index >= 15 is 0 Å². The van der Waals surface area contributed by atoms with E-state index in [1.54, 1.807) is 23.2 Å². The van der Waals surface area contributed by atoms with E-state index < -0.39 is 5.60 Å². The highest BCUT2D eigenvalue weighted by molar-refractivity contribution is 6.02. The fourth-order valence-electron chi connectivity index (χ4n) is 3.18. The van der Waals surface area contributed by atoms with Gasteiger partial charge >= 0.3 is 6.09 Å². The average Bonchev–Trinajstić information content (AvgIpc) is 3.17. The summed E-state index contributed by atoms with van der Waals surface area (Å²) in [6.45, 7) is 10.2. The van der Waals surface area contributed by atoms with Gasteiger partial charge in [0.15, 0.2) is 5.69 Å². The van der Waals surface area contributed by atoms with Crippen LogP contribution in [0.4, 0.5) is 16.3 Å². The van der Waals surface area contributed by atoms with Gasteiger partial charge in [-0.25, -0.2) is 9.78 Å². The Bertz CT molecular complexity index is 864. The summed E-state index contributed by atoms with van der Waals surface area (Å²) in [7, 11) is 0. The highest BCUT2D eigenvalue weighted by Crippen LogP contribution is 2.19. The number of carbonyl (C=O) groups excluding carboxylic acids is 2. The van der Waals surface area contributed by atoms with Crippen LogP contribution >= 0.6 is 0 Å². The molecule has 1 aliphatic heterocycles. The van der Waals surface area contributed by atoms with Crippen molar-refractivity contribution in [1.82, 2.24) is 20.1 Å². The van der Waals surface area contributed by atoms with Gasteiger partial charge in [-0.1, -0.05) is 13.3 Å². The Morgan fingerprint density at radius 2 is 1.93 bits per heavy atom. The highest BCUT2D eigenvalue weighted by Gasteiger charge is 2.26. The average molecular weight is 415 g/mol. The Morgan fingerprint density at radius 1 is 1.20 bits per heavy atom. The van der Waals surface area contributed by atoms with Gasteiger partial charge in [-0.15, -0.1) is 0 Å². The molecule has 0 bridgehead atoms. The maximum Gasteiger partial charge on any atom is 0.410 e.